The van der Waals surface area contributed by atoms with E-state index in [1.54, 1.807) is 18.2 Å². The largest absolute Gasteiger partial charge is 0.394 e. The molecule has 0 aliphatic carbocycles. The third kappa shape index (κ3) is 26.9. The van der Waals surface area contributed by atoms with Gasteiger partial charge in [0.2, 0.25) is 5.91 Å². The Labute approximate surface area is 257 Å². The molecule has 0 aromatic carbocycles. The van der Waals surface area contributed by atoms with Crippen LogP contribution in [0.1, 0.15) is 129 Å². The van der Waals surface area contributed by atoms with Crippen LogP contribution in [0.25, 0.3) is 0 Å². The third-order valence-corrected chi connectivity index (χ3v) is 7.20. The maximum atomic E-state index is 12.3. The maximum Gasteiger partial charge on any atom is 0.220 e. The minimum absolute atomic E-state index is 0.220. The first kappa shape index (κ1) is 40.0. The van der Waals surface area contributed by atoms with Gasteiger partial charge < -0.3 is 25.7 Å². The number of amides is 1. The molecular weight excluding hydrogens is 526 g/mol. The molecule has 0 fully saturated rings. The molecule has 0 aromatic heterocycles. The first-order valence-corrected chi connectivity index (χ1v) is 16.7. The lowest BCUT2D eigenvalue weighted by Gasteiger charge is -2.20. The van der Waals surface area contributed by atoms with E-state index in [0.29, 0.717) is 12.8 Å². The molecule has 5 N–H and O–H groups in total. The fourth-order valence-electron chi connectivity index (χ4n) is 4.51. The van der Waals surface area contributed by atoms with Gasteiger partial charge in [-0.3, -0.25) is 4.79 Å². The number of aliphatic hydroxyl groups is 4. The van der Waals surface area contributed by atoms with Crippen molar-refractivity contribution in [2.45, 2.75) is 154 Å². The SMILES string of the molecule is CCCCCCCCCCC/C=C/[C@@H](O)[C@H](CO)NC(=O)CCC[C@H](O)/C=C/C=C\C/C=C\C=C\[C@H](O)CCCCC. The molecular formula is C36H63NO5. The maximum absolute atomic E-state index is 12.3. The Morgan fingerprint density at radius 3 is 1.74 bits per heavy atom. The average Bonchev–Trinajstić information content (AvgIpc) is 2.97. The fourth-order valence-corrected chi connectivity index (χ4v) is 4.51. The average molecular weight is 590 g/mol. The molecule has 0 aliphatic rings. The summed E-state index contributed by atoms with van der Waals surface area (Å²) >= 11 is 0. The van der Waals surface area contributed by atoms with Gasteiger partial charge in [-0.2, -0.15) is 0 Å². The lowest BCUT2D eigenvalue weighted by atomic mass is 10.1. The highest BCUT2D eigenvalue weighted by Gasteiger charge is 2.18. The molecule has 6 heteroatoms. The monoisotopic (exact) mass is 589 g/mol. The number of unbranched alkanes of at least 4 members (excludes halogenated alkanes) is 11. The highest BCUT2D eigenvalue weighted by atomic mass is 16.3. The minimum atomic E-state index is -0.925. The van der Waals surface area contributed by atoms with E-state index in [-0.39, 0.29) is 25.0 Å². The van der Waals surface area contributed by atoms with Crippen molar-refractivity contribution in [1.82, 2.24) is 5.32 Å². The van der Waals surface area contributed by atoms with Gasteiger partial charge >= 0.3 is 0 Å². The van der Waals surface area contributed by atoms with Gasteiger partial charge in [-0.25, -0.2) is 0 Å². The van der Waals surface area contributed by atoms with E-state index in [0.717, 1.165) is 44.9 Å². The van der Waals surface area contributed by atoms with Crippen LogP contribution in [0, 0.1) is 0 Å². The number of hydrogen-bond donors (Lipinski definition) is 5. The topological polar surface area (TPSA) is 110 Å². The van der Waals surface area contributed by atoms with Crippen LogP contribution >= 0.6 is 0 Å². The summed E-state index contributed by atoms with van der Waals surface area (Å²) in [5.41, 5.74) is 0. The van der Waals surface area contributed by atoms with Gasteiger partial charge in [0, 0.05) is 6.42 Å². The van der Waals surface area contributed by atoms with Crippen molar-refractivity contribution in [2.24, 2.45) is 0 Å². The summed E-state index contributed by atoms with van der Waals surface area (Å²) in [6.45, 7) is 4.05. The van der Waals surface area contributed by atoms with Crippen LogP contribution < -0.4 is 5.32 Å². The molecule has 4 atom stereocenters. The Balaban J connectivity index is 4.01. The van der Waals surface area contributed by atoms with E-state index in [1.807, 2.05) is 42.5 Å². The smallest absolute Gasteiger partial charge is 0.220 e. The normalized spacial score (nSPS) is 15.5. The number of aliphatic hydroxyl groups excluding tert-OH is 4. The number of rotatable bonds is 28. The van der Waals surface area contributed by atoms with E-state index >= 15 is 0 Å². The Morgan fingerprint density at radius 2 is 1.17 bits per heavy atom. The van der Waals surface area contributed by atoms with Crippen molar-refractivity contribution in [3.63, 3.8) is 0 Å². The van der Waals surface area contributed by atoms with Crippen LogP contribution in [0.3, 0.4) is 0 Å². The first-order chi connectivity index (χ1) is 20.4. The third-order valence-electron chi connectivity index (χ3n) is 7.20. The number of nitrogens with one attached hydrogen (secondary N) is 1. The first-order valence-electron chi connectivity index (χ1n) is 16.7. The lowest BCUT2D eigenvalue weighted by Crippen LogP contribution is -2.45. The van der Waals surface area contributed by atoms with Gasteiger partial charge in [-0.1, -0.05) is 145 Å². The van der Waals surface area contributed by atoms with Gasteiger partial charge in [0.1, 0.15) is 0 Å². The second-order valence-electron chi connectivity index (χ2n) is 11.3. The highest BCUT2D eigenvalue weighted by molar-refractivity contribution is 5.76. The summed E-state index contributed by atoms with van der Waals surface area (Å²) < 4.78 is 0. The molecule has 0 unspecified atom stereocenters. The summed E-state index contributed by atoms with van der Waals surface area (Å²) in [7, 11) is 0. The zero-order valence-corrected chi connectivity index (χ0v) is 26.7. The molecule has 0 aromatic rings. The van der Waals surface area contributed by atoms with E-state index < -0.39 is 18.2 Å². The van der Waals surface area contributed by atoms with Gasteiger partial charge in [0.25, 0.3) is 0 Å². The molecule has 0 bridgehead atoms. The second kappa shape index (κ2) is 30.5. The molecule has 0 spiro atoms. The van der Waals surface area contributed by atoms with Crippen molar-refractivity contribution >= 4 is 5.91 Å². The van der Waals surface area contributed by atoms with Crippen LogP contribution in [0.5, 0.6) is 0 Å². The van der Waals surface area contributed by atoms with E-state index in [2.05, 4.69) is 19.2 Å². The van der Waals surface area contributed by atoms with E-state index in [4.69, 9.17) is 0 Å². The summed E-state index contributed by atoms with van der Waals surface area (Å²) in [6.07, 6.45) is 35.0. The van der Waals surface area contributed by atoms with Crippen LogP contribution in [-0.4, -0.2) is 57.3 Å². The number of carbonyl (C=O) groups is 1. The fraction of sp³-hybridized carbons (Fsp3) is 0.694. The van der Waals surface area contributed by atoms with Crippen molar-refractivity contribution in [3.05, 3.63) is 60.8 Å². The zero-order chi connectivity index (χ0) is 31.1. The standard InChI is InChI=1S/C36H63NO5/c1-3-5-7-8-9-10-11-12-16-19-23-29-35(41)34(31-38)37-36(42)30-24-28-33(40)27-22-18-15-13-14-17-21-26-32(39)25-20-6-4-2/h14-15,17-18,21-23,26-27,29,32-35,38-41H,3-13,16,19-20,24-25,28,30-31H2,1-2H3,(H,37,42)/b17-14-,18-15-,26-21+,27-22+,29-23+/t32-,33-,34+,35-/m1/s1. The predicted octanol–water partition coefficient (Wildman–Crippen LogP) is 7.39. The van der Waals surface area contributed by atoms with Crippen LogP contribution in [0.4, 0.5) is 0 Å². The Bertz CT molecular complexity index is 758. The Morgan fingerprint density at radius 1 is 0.643 bits per heavy atom. The minimum Gasteiger partial charge on any atom is -0.394 e. The number of carbonyl (C=O) groups excluding carboxylic acids is 1. The lowest BCUT2D eigenvalue weighted by molar-refractivity contribution is -0.123. The van der Waals surface area contributed by atoms with Crippen LogP contribution in [0.15, 0.2) is 60.8 Å². The van der Waals surface area contributed by atoms with Gasteiger partial charge in [0.05, 0.1) is 31.0 Å². The Hall–Kier alpha value is -1.99. The van der Waals surface area contributed by atoms with Crippen molar-refractivity contribution in [3.8, 4) is 0 Å². The van der Waals surface area contributed by atoms with Crippen molar-refractivity contribution < 1.29 is 25.2 Å². The van der Waals surface area contributed by atoms with E-state index in [1.165, 1.54) is 51.4 Å². The molecule has 0 saturated heterocycles. The molecule has 242 valence electrons. The van der Waals surface area contributed by atoms with Gasteiger partial charge in [-0.05, 0) is 38.5 Å². The van der Waals surface area contributed by atoms with Gasteiger partial charge in [-0.15, -0.1) is 0 Å². The van der Waals surface area contributed by atoms with Crippen LogP contribution in [-0.2, 0) is 4.79 Å². The predicted molar refractivity (Wildman–Crippen MR) is 177 cm³/mol. The summed E-state index contributed by atoms with van der Waals surface area (Å²) in [6, 6.07) is -0.729. The van der Waals surface area contributed by atoms with Gasteiger partial charge in [0.15, 0.2) is 0 Å². The second-order valence-corrected chi connectivity index (χ2v) is 11.3. The molecule has 0 aliphatic heterocycles. The van der Waals surface area contributed by atoms with Crippen molar-refractivity contribution in [2.75, 3.05) is 6.61 Å². The summed E-state index contributed by atoms with van der Waals surface area (Å²) in [5.74, 6) is -0.245. The summed E-state index contributed by atoms with van der Waals surface area (Å²) in [5, 5.41) is 42.6. The molecule has 0 rings (SSSR count). The highest BCUT2D eigenvalue weighted by Crippen LogP contribution is 2.11. The summed E-state index contributed by atoms with van der Waals surface area (Å²) in [4.78, 5) is 12.3. The molecule has 0 saturated carbocycles. The molecule has 6 nitrogen and oxygen atoms in total. The quantitative estimate of drug-likeness (QED) is 0.0371. The molecule has 0 heterocycles. The van der Waals surface area contributed by atoms with Crippen LogP contribution in [0.2, 0.25) is 0 Å². The van der Waals surface area contributed by atoms with E-state index in [9.17, 15) is 25.2 Å². The van der Waals surface area contributed by atoms with Crippen molar-refractivity contribution in [1.29, 1.82) is 0 Å². The number of hydrogen-bond acceptors (Lipinski definition) is 5. The Kier molecular flexibility index (Phi) is 29.0. The molecule has 1 amide bonds. The molecule has 0 radical (unpaired) electrons. The number of allylic oxidation sites excluding steroid dienone is 7. The molecule has 42 heavy (non-hydrogen) atoms. The zero-order valence-electron chi connectivity index (χ0n) is 26.7.